The number of hydrogen-bond acceptors (Lipinski definition) is 7. The number of ether oxygens (including phenoxy) is 2. The summed E-state index contributed by atoms with van der Waals surface area (Å²) in [5.74, 6) is 0.343. The molecule has 1 spiro atoms. The number of para-hydroxylation sites is 1. The van der Waals surface area contributed by atoms with Gasteiger partial charge in [0.25, 0.3) is 5.89 Å². The highest BCUT2D eigenvalue weighted by molar-refractivity contribution is 5.92. The summed E-state index contributed by atoms with van der Waals surface area (Å²) in [7, 11) is 0. The number of amides is 1. The Morgan fingerprint density at radius 3 is 2.65 bits per heavy atom. The van der Waals surface area contributed by atoms with Gasteiger partial charge in [0.1, 0.15) is 6.54 Å². The maximum absolute atomic E-state index is 13.1. The molecular weight excluding hydrogens is 434 g/mol. The number of hydrogen-bond donors (Lipinski definition) is 0. The summed E-state index contributed by atoms with van der Waals surface area (Å²) in [6.45, 7) is 4.61. The predicted molar refractivity (Wildman–Crippen MR) is 124 cm³/mol. The predicted octanol–water partition coefficient (Wildman–Crippen LogP) is 3.43. The third-order valence-electron chi connectivity index (χ3n) is 6.54. The van der Waals surface area contributed by atoms with Crippen molar-refractivity contribution >= 4 is 16.8 Å². The SMILES string of the molecule is Cc1cccc(-c2noc(-c3nn(CC(=O)N4CCC5(CC4)OCCO5)c4ccccc34)n2)c1. The van der Waals surface area contributed by atoms with Crippen molar-refractivity contribution in [2.45, 2.75) is 32.1 Å². The molecule has 9 nitrogen and oxygen atoms in total. The van der Waals surface area contributed by atoms with Crippen LogP contribution in [0.1, 0.15) is 18.4 Å². The van der Waals surface area contributed by atoms with Crippen LogP contribution in [0.5, 0.6) is 0 Å². The van der Waals surface area contributed by atoms with E-state index in [1.807, 2.05) is 60.4 Å². The number of aromatic nitrogens is 4. The minimum Gasteiger partial charge on any atom is -0.347 e. The Balaban J connectivity index is 1.25. The molecule has 0 saturated carbocycles. The lowest BCUT2D eigenvalue weighted by Crippen LogP contribution is -2.48. The van der Waals surface area contributed by atoms with Crippen LogP contribution in [0, 0.1) is 6.92 Å². The number of piperidine rings is 1. The van der Waals surface area contributed by atoms with Gasteiger partial charge in [-0.1, -0.05) is 47.1 Å². The Morgan fingerprint density at radius 1 is 1.06 bits per heavy atom. The zero-order valence-electron chi connectivity index (χ0n) is 18.9. The molecule has 174 valence electrons. The topological polar surface area (TPSA) is 95.5 Å². The molecule has 0 bridgehead atoms. The summed E-state index contributed by atoms with van der Waals surface area (Å²) in [5, 5.41) is 9.73. The average molecular weight is 460 g/mol. The molecule has 2 aromatic heterocycles. The first-order valence-electron chi connectivity index (χ1n) is 11.5. The molecule has 0 N–H and O–H groups in total. The van der Waals surface area contributed by atoms with Crippen LogP contribution in [0.2, 0.25) is 0 Å². The standard InChI is InChI=1S/C25H25N5O4/c1-17-5-4-6-18(15-17)23-26-24(34-28-23)22-19-7-2-3-8-20(19)30(27-22)16-21(31)29-11-9-25(10-12-29)32-13-14-33-25/h2-8,15H,9-14,16H2,1H3. The van der Waals surface area contributed by atoms with E-state index in [4.69, 9.17) is 19.1 Å². The third kappa shape index (κ3) is 3.76. The Kier molecular flexibility index (Phi) is 5.15. The average Bonchev–Trinajstić information content (AvgIpc) is 3.59. The normalized spacial score (nSPS) is 17.6. The van der Waals surface area contributed by atoms with E-state index in [2.05, 4.69) is 10.1 Å². The highest BCUT2D eigenvalue weighted by atomic mass is 16.7. The van der Waals surface area contributed by atoms with Gasteiger partial charge in [-0.25, -0.2) is 0 Å². The number of nitrogens with zero attached hydrogens (tertiary/aromatic N) is 5. The molecule has 2 fully saturated rings. The first-order chi connectivity index (χ1) is 16.6. The van der Waals surface area contributed by atoms with Crippen LogP contribution in [0.4, 0.5) is 0 Å². The lowest BCUT2D eigenvalue weighted by Gasteiger charge is -2.37. The Bertz CT molecular complexity index is 1340. The van der Waals surface area contributed by atoms with E-state index in [0.29, 0.717) is 56.6 Å². The van der Waals surface area contributed by atoms with E-state index in [9.17, 15) is 4.79 Å². The molecule has 1 amide bonds. The number of carbonyl (C=O) groups excluding carboxylic acids is 1. The number of carbonyl (C=O) groups is 1. The highest BCUT2D eigenvalue weighted by Gasteiger charge is 2.40. The van der Waals surface area contributed by atoms with Gasteiger partial charge >= 0.3 is 0 Å². The van der Waals surface area contributed by atoms with Gasteiger partial charge in [-0.15, -0.1) is 0 Å². The second-order valence-corrected chi connectivity index (χ2v) is 8.80. The van der Waals surface area contributed by atoms with Gasteiger partial charge in [0, 0.05) is 36.9 Å². The molecule has 2 aromatic carbocycles. The summed E-state index contributed by atoms with van der Waals surface area (Å²) in [6.07, 6.45) is 1.38. The van der Waals surface area contributed by atoms with E-state index < -0.39 is 5.79 Å². The van der Waals surface area contributed by atoms with Crippen molar-refractivity contribution in [2.75, 3.05) is 26.3 Å². The zero-order valence-corrected chi connectivity index (χ0v) is 18.9. The number of aryl methyl sites for hydroxylation is 1. The van der Waals surface area contributed by atoms with Gasteiger partial charge in [-0.2, -0.15) is 10.1 Å². The molecule has 0 atom stereocenters. The maximum atomic E-state index is 13.1. The van der Waals surface area contributed by atoms with Crippen LogP contribution < -0.4 is 0 Å². The van der Waals surface area contributed by atoms with E-state index in [-0.39, 0.29) is 12.5 Å². The van der Waals surface area contributed by atoms with Gasteiger partial charge in [0.2, 0.25) is 11.7 Å². The van der Waals surface area contributed by atoms with E-state index in [0.717, 1.165) is 22.0 Å². The number of fused-ring (bicyclic) bond motifs is 1. The minimum atomic E-state index is -0.505. The quantitative estimate of drug-likeness (QED) is 0.461. The summed E-state index contributed by atoms with van der Waals surface area (Å²) in [5.41, 5.74) is 3.41. The van der Waals surface area contributed by atoms with E-state index in [1.54, 1.807) is 4.68 Å². The Labute approximate surface area is 196 Å². The molecular formula is C25H25N5O4. The monoisotopic (exact) mass is 459 g/mol. The molecule has 2 aliphatic heterocycles. The van der Waals surface area contributed by atoms with Crippen molar-refractivity contribution in [1.82, 2.24) is 24.8 Å². The largest absolute Gasteiger partial charge is 0.347 e. The van der Waals surface area contributed by atoms with Crippen molar-refractivity contribution in [3.8, 4) is 23.0 Å². The fourth-order valence-corrected chi connectivity index (χ4v) is 4.74. The van der Waals surface area contributed by atoms with Crippen LogP contribution >= 0.6 is 0 Å². The number of rotatable bonds is 4. The zero-order chi connectivity index (χ0) is 23.1. The maximum Gasteiger partial charge on any atom is 0.279 e. The molecule has 6 rings (SSSR count). The molecule has 4 aromatic rings. The number of likely N-dealkylation sites (tertiary alicyclic amines) is 1. The fraction of sp³-hybridized carbons (Fsp3) is 0.360. The van der Waals surface area contributed by atoms with Crippen LogP contribution in [0.15, 0.2) is 53.1 Å². The van der Waals surface area contributed by atoms with Gasteiger partial charge < -0.3 is 18.9 Å². The first-order valence-corrected chi connectivity index (χ1v) is 11.5. The van der Waals surface area contributed by atoms with Gasteiger partial charge in [-0.05, 0) is 19.1 Å². The first kappa shape index (κ1) is 21.0. The van der Waals surface area contributed by atoms with E-state index >= 15 is 0 Å². The molecule has 0 radical (unpaired) electrons. The van der Waals surface area contributed by atoms with Gasteiger partial charge in [0.15, 0.2) is 11.5 Å². The fourth-order valence-electron chi connectivity index (χ4n) is 4.74. The molecule has 0 unspecified atom stereocenters. The summed E-state index contributed by atoms with van der Waals surface area (Å²) in [4.78, 5) is 19.6. The van der Waals surface area contributed by atoms with Crippen LogP contribution in [0.3, 0.4) is 0 Å². The van der Waals surface area contributed by atoms with Crippen LogP contribution in [-0.2, 0) is 20.8 Å². The van der Waals surface area contributed by atoms with E-state index in [1.165, 1.54) is 0 Å². The van der Waals surface area contributed by atoms with Crippen molar-refractivity contribution in [3.05, 3.63) is 54.1 Å². The van der Waals surface area contributed by atoms with Gasteiger partial charge in [0.05, 0.1) is 18.7 Å². The third-order valence-corrected chi connectivity index (χ3v) is 6.54. The Hall–Kier alpha value is -3.56. The molecule has 2 aliphatic rings. The van der Waals surface area contributed by atoms with Gasteiger partial charge in [-0.3, -0.25) is 9.48 Å². The van der Waals surface area contributed by atoms with Crippen molar-refractivity contribution in [2.24, 2.45) is 0 Å². The molecule has 9 heteroatoms. The van der Waals surface area contributed by atoms with Crippen molar-refractivity contribution < 1.29 is 18.8 Å². The highest BCUT2D eigenvalue weighted by Crippen LogP contribution is 2.32. The smallest absolute Gasteiger partial charge is 0.279 e. The summed E-state index contributed by atoms with van der Waals surface area (Å²) >= 11 is 0. The summed E-state index contributed by atoms with van der Waals surface area (Å²) < 4.78 is 18.9. The second-order valence-electron chi connectivity index (χ2n) is 8.80. The minimum absolute atomic E-state index is 0.0126. The summed E-state index contributed by atoms with van der Waals surface area (Å²) in [6, 6.07) is 15.7. The Morgan fingerprint density at radius 2 is 1.85 bits per heavy atom. The van der Waals surface area contributed by atoms with Crippen LogP contribution in [0.25, 0.3) is 33.9 Å². The molecule has 34 heavy (non-hydrogen) atoms. The number of benzene rings is 2. The van der Waals surface area contributed by atoms with Crippen molar-refractivity contribution in [3.63, 3.8) is 0 Å². The van der Waals surface area contributed by atoms with Crippen molar-refractivity contribution in [1.29, 1.82) is 0 Å². The molecule has 4 heterocycles. The second kappa shape index (κ2) is 8.34. The molecule has 0 aliphatic carbocycles. The lowest BCUT2D eigenvalue weighted by molar-refractivity contribution is -0.187. The lowest BCUT2D eigenvalue weighted by atomic mass is 10.0. The van der Waals surface area contributed by atoms with Crippen LogP contribution in [-0.4, -0.2) is 62.8 Å². The molecule has 2 saturated heterocycles.